The minimum Gasteiger partial charge on any atom is -0.298 e. The van der Waals surface area contributed by atoms with Gasteiger partial charge in [0, 0.05) is 10.1 Å². The van der Waals surface area contributed by atoms with Crippen LogP contribution in [0.25, 0.3) is 10.1 Å². The summed E-state index contributed by atoms with van der Waals surface area (Å²) in [5, 5.41) is 0.627. The molecule has 0 amide bonds. The van der Waals surface area contributed by atoms with Gasteiger partial charge in [-0.05, 0) is 18.4 Å². The van der Waals surface area contributed by atoms with Crippen LogP contribution in [0.3, 0.4) is 0 Å². The normalized spacial score (nSPS) is 10.5. The zero-order chi connectivity index (χ0) is 10.8. The zero-order valence-electron chi connectivity index (χ0n) is 8.02. The van der Waals surface area contributed by atoms with Crippen molar-refractivity contribution >= 4 is 39.5 Å². The molecular formula is C11H8O2S2. The Balaban J connectivity index is 2.94. The number of thioether (sulfide) groups is 1. The molecule has 0 aliphatic carbocycles. The predicted molar refractivity (Wildman–Crippen MR) is 65.3 cm³/mol. The van der Waals surface area contributed by atoms with E-state index in [4.69, 9.17) is 0 Å². The van der Waals surface area contributed by atoms with Gasteiger partial charge in [0.15, 0.2) is 11.7 Å². The molecule has 0 saturated heterocycles. The van der Waals surface area contributed by atoms with Crippen LogP contribution >= 0.6 is 23.1 Å². The first-order valence-electron chi connectivity index (χ1n) is 4.33. The van der Waals surface area contributed by atoms with E-state index in [0.29, 0.717) is 11.7 Å². The third kappa shape index (κ3) is 1.70. The van der Waals surface area contributed by atoms with E-state index < -0.39 is 0 Å². The molecule has 1 aromatic heterocycles. The van der Waals surface area contributed by atoms with Gasteiger partial charge in [0.1, 0.15) is 0 Å². The highest BCUT2D eigenvalue weighted by Gasteiger charge is 2.10. The number of carbonyl (C=O) groups excluding carboxylic acids is 1. The van der Waals surface area contributed by atoms with Gasteiger partial charge in [-0.15, -0.1) is 23.1 Å². The van der Waals surface area contributed by atoms with Gasteiger partial charge in [0.25, 0.3) is 0 Å². The molecular weight excluding hydrogens is 228 g/mol. The highest BCUT2D eigenvalue weighted by Crippen LogP contribution is 2.27. The van der Waals surface area contributed by atoms with Crippen molar-refractivity contribution < 1.29 is 4.79 Å². The Hall–Kier alpha value is -1.13. The van der Waals surface area contributed by atoms with Gasteiger partial charge in [-0.3, -0.25) is 9.59 Å². The average molecular weight is 236 g/mol. The first kappa shape index (κ1) is 10.4. The SMILES string of the molecule is CSc1sc2ccccc2c(=O)c1C=O. The second-order valence-electron chi connectivity index (χ2n) is 2.95. The molecule has 4 heteroatoms. The Morgan fingerprint density at radius 3 is 2.73 bits per heavy atom. The van der Waals surface area contributed by atoms with E-state index in [1.54, 1.807) is 6.07 Å². The summed E-state index contributed by atoms with van der Waals surface area (Å²) in [4.78, 5) is 22.7. The van der Waals surface area contributed by atoms with Gasteiger partial charge >= 0.3 is 0 Å². The number of aldehydes is 1. The summed E-state index contributed by atoms with van der Waals surface area (Å²) in [6, 6.07) is 7.35. The van der Waals surface area contributed by atoms with Crippen LogP contribution in [-0.2, 0) is 0 Å². The quantitative estimate of drug-likeness (QED) is 0.594. The first-order valence-corrected chi connectivity index (χ1v) is 6.37. The topological polar surface area (TPSA) is 34.1 Å². The minimum atomic E-state index is -0.163. The highest BCUT2D eigenvalue weighted by molar-refractivity contribution is 8.00. The van der Waals surface area contributed by atoms with E-state index in [1.165, 1.54) is 23.1 Å². The summed E-state index contributed by atoms with van der Waals surface area (Å²) >= 11 is 2.92. The summed E-state index contributed by atoms with van der Waals surface area (Å²) in [7, 11) is 0. The van der Waals surface area contributed by atoms with Crippen LogP contribution in [0.4, 0.5) is 0 Å². The maximum atomic E-state index is 11.9. The minimum absolute atomic E-state index is 0.163. The predicted octanol–water partition coefficient (Wildman–Crippen LogP) is 2.80. The number of carbonyl (C=O) groups is 1. The average Bonchev–Trinajstić information content (AvgIpc) is 2.29. The molecule has 76 valence electrons. The van der Waals surface area contributed by atoms with Crippen molar-refractivity contribution in [3.63, 3.8) is 0 Å². The molecule has 0 bridgehead atoms. The number of fused-ring (bicyclic) bond motifs is 1. The van der Waals surface area contributed by atoms with Crippen molar-refractivity contribution in [1.29, 1.82) is 0 Å². The number of rotatable bonds is 2. The molecule has 0 aliphatic rings. The number of hydrogen-bond donors (Lipinski definition) is 0. The standard InChI is InChI=1S/C11H8O2S2/c1-14-11-8(6-12)10(13)7-4-2-3-5-9(7)15-11/h2-6H,1H3. The van der Waals surface area contributed by atoms with Crippen LogP contribution < -0.4 is 5.43 Å². The van der Waals surface area contributed by atoms with Gasteiger partial charge in [-0.2, -0.15) is 0 Å². The van der Waals surface area contributed by atoms with Crippen molar-refractivity contribution in [2.24, 2.45) is 0 Å². The van der Waals surface area contributed by atoms with Gasteiger partial charge in [-0.1, -0.05) is 12.1 Å². The Bertz CT molecular complexity index is 572. The summed E-state index contributed by atoms with van der Waals surface area (Å²) in [5.74, 6) is 0. The lowest BCUT2D eigenvalue weighted by Crippen LogP contribution is -2.08. The molecule has 15 heavy (non-hydrogen) atoms. The molecule has 0 unspecified atom stereocenters. The van der Waals surface area contributed by atoms with Crippen LogP contribution in [0, 0.1) is 0 Å². The molecule has 0 atom stereocenters. The molecule has 0 N–H and O–H groups in total. The van der Waals surface area contributed by atoms with Crippen molar-refractivity contribution in [1.82, 2.24) is 0 Å². The van der Waals surface area contributed by atoms with Gasteiger partial charge in [0.2, 0.25) is 0 Å². The second kappa shape index (κ2) is 4.16. The van der Waals surface area contributed by atoms with E-state index in [-0.39, 0.29) is 11.0 Å². The van der Waals surface area contributed by atoms with E-state index in [0.717, 1.165) is 8.91 Å². The maximum absolute atomic E-state index is 11.9. The number of hydrogen-bond acceptors (Lipinski definition) is 4. The van der Waals surface area contributed by atoms with Gasteiger partial charge in [-0.25, -0.2) is 0 Å². The first-order chi connectivity index (χ1) is 7.27. The summed E-state index contributed by atoms with van der Waals surface area (Å²) < 4.78 is 1.71. The zero-order valence-corrected chi connectivity index (χ0v) is 9.65. The molecule has 1 aromatic carbocycles. The third-order valence-electron chi connectivity index (χ3n) is 2.10. The molecule has 2 rings (SSSR count). The summed E-state index contributed by atoms with van der Waals surface area (Å²) in [5.41, 5.74) is 0.120. The fraction of sp³-hybridized carbons (Fsp3) is 0.0909. The van der Waals surface area contributed by atoms with E-state index in [1.807, 2.05) is 24.5 Å². The lowest BCUT2D eigenvalue weighted by molar-refractivity contribution is 0.112. The Kier molecular flexibility index (Phi) is 2.88. The van der Waals surface area contributed by atoms with Crippen LogP contribution in [0.15, 0.2) is 33.3 Å². The molecule has 0 saturated carbocycles. The molecule has 0 fully saturated rings. The third-order valence-corrected chi connectivity index (χ3v) is 4.42. The van der Waals surface area contributed by atoms with Crippen LogP contribution in [0.1, 0.15) is 10.4 Å². The fourth-order valence-corrected chi connectivity index (χ4v) is 3.22. The van der Waals surface area contributed by atoms with Crippen molar-refractivity contribution in [3.05, 3.63) is 40.1 Å². The fourth-order valence-electron chi connectivity index (χ4n) is 1.39. The lowest BCUT2D eigenvalue weighted by Gasteiger charge is -2.01. The highest BCUT2D eigenvalue weighted by atomic mass is 32.2. The van der Waals surface area contributed by atoms with Crippen LogP contribution in [-0.4, -0.2) is 12.5 Å². The Morgan fingerprint density at radius 1 is 1.33 bits per heavy atom. The summed E-state index contributed by atoms with van der Waals surface area (Å²) in [6.45, 7) is 0. The Labute approximate surface area is 94.9 Å². The van der Waals surface area contributed by atoms with Crippen LogP contribution in [0.2, 0.25) is 0 Å². The van der Waals surface area contributed by atoms with Crippen molar-refractivity contribution in [2.75, 3.05) is 6.26 Å². The Morgan fingerprint density at radius 2 is 2.07 bits per heavy atom. The monoisotopic (exact) mass is 236 g/mol. The maximum Gasteiger partial charge on any atom is 0.199 e. The summed E-state index contributed by atoms with van der Waals surface area (Å²) in [6.07, 6.45) is 2.52. The molecule has 0 spiro atoms. The van der Waals surface area contributed by atoms with Crippen molar-refractivity contribution in [3.8, 4) is 0 Å². The molecule has 0 radical (unpaired) electrons. The lowest BCUT2D eigenvalue weighted by atomic mass is 10.2. The van der Waals surface area contributed by atoms with E-state index in [9.17, 15) is 9.59 Å². The van der Waals surface area contributed by atoms with Gasteiger partial charge < -0.3 is 0 Å². The molecule has 0 aliphatic heterocycles. The smallest absolute Gasteiger partial charge is 0.199 e. The van der Waals surface area contributed by atoms with Crippen molar-refractivity contribution in [2.45, 2.75) is 4.21 Å². The number of benzene rings is 1. The van der Waals surface area contributed by atoms with E-state index in [2.05, 4.69) is 0 Å². The molecule has 2 aromatic rings. The van der Waals surface area contributed by atoms with Crippen LogP contribution in [0.5, 0.6) is 0 Å². The second-order valence-corrected chi connectivity index (χ2v) is 5.08. The van der Waals surface area contributed by atoms with E-state index >= 15 is 0 Å². The molecule has 2 nitrogen and oxygen atoms in total. The molecule has 1 heterocycles. The largest absolute Gasteiger partial charge is 0.298 e. The van der Waals surface area contributed by atoms with Gasteiger partial charge in [0.05, 0.1) is 9.77 Å².